The zero-order valence-electron chi connectivity index (χ0n) is 3.88. The molecule has 0 fully saturated rings. The van der Waals surface area contributed by atoms with Crippen LogP contribution in [-0.2, 0) is 31.4 Å². The molecule has 1 amide bonds. The maximum atomic E-state index is 9.45. The quantitative estimate of drug-likeness (QED) is 0.486. The van der Waals surface area contributed by atoms with Gasteiger partial charge in [0.05, 0.1) is 0 Å². The molecule has 0 saturated carbocycles. The predicted molar refractivity (Wildman–Crippen MR) is 22.9 cm³/mol. The van der Waals surface area contributed by atoms with Gasteiger partial charge in [0.1, 0.15) is 0 Å². The van der Waals surface area contributed by atoms with Crippen molar-refractivity contribution >= 4 is 16.4 Å². The molecule has 2 N–H and O–H groups in total. The van der Waals surface area contributed by atoms with Gasteiger partial charge in [-0.2, -0.15) is 0 Å². The van der Waals surface area contributed by atoms with Crippen molar-refractivity contribution in [3.8, 4) is 0 Å². The van der Waals surface area contributed by atoms with Crippen molar-refractivity contribution in [2.75, 3.05) is 0 Å². The van der Waals surface area contributed by atoms with Gasteiger partial charge < -0.3 is 9.83 Å². The molecule has 0 rings (SSSR count). The van der Waals surface area contributed by atoms with Gasteiger partial charge >= 0.3 is 0 Å². The van der Waals surface area contributed by atoms with E-state index < -0.39 is 16.4 Å². The number of hydrogen-bond acceptors (Lipinski definition) is 3. The van der Waals surface area contributed by atoms with Gasteiger partial charge in [-0.15, -0.1) is 0 Å². The van der Waals surface area contributed by atoms with Gasteiger partial charge in [0.2, 0.25) is 16.4 Å². The molecule has 0 aromatic rings. The first-order valence-corrected chi connectivity index (χ1v) is 2.75. The van der Waals surface area contributed by atoms with Crippen molar-refractivity contribution in [1.29, 1.82) is 0 Å². The van der Waals surface area contributed by atoms with Crippen LogP contribution < -0.4 is 0 Å². The molecule has 0 aliphatic rings. The Morgan fingerprint density at radius 1 is 1.44 bits per heavy atom. The summed E-state index contributed by atoms with van der Waals surface area (Å²) < 4.78 is 28.4. The van der Waals surface area contributed by atoms with Crippen molar-refractivity contribution in [3.63, 3.8) is 0 Å². The summed E-state index contributed by atoms with van der Waals surface area (Å²) in [7, 11) is -4.70. The SMILES string of the molecule is O=C(O)[N-]S(=O)(=O)O.[Mo]. The number of carbonyl (C=O) groups is 1. The standard InChI is InChI=1S/CH2NO5S.Mo/c3-1(4)2-8(5,6)7;/h(H,3,4)(H,5,6,7);/q-1;. The summed E-state index contributed by atoms with van der Waals surface area (Å²) in [4.78, 5) is 9.31. The fraction of sp³-hybridized carbons (Fsp3) is 0. The fourth-order valence-corrected chi connectivity index (χ4v) is 0.296. The van der Waals surface area contributed by atoms with Crippen LogP contribution in [-0.4, -0.2) is 24.2 Å². The molecule has 0 aromatic carbocycles. The Morgan fingerprint density at radius 2 is 1.78 bits per heavy atom. The average Bonchev–Trinajstić information content (AvgIpc) is 1.21. The van der Waals surface area contributed by atoms with Crippen LogP contribution in [0.1, 0.15) is 0 Å². The molecule has 0 bridgehead atoms. The Kier molecular flexibility index (Phi) is 4.93. The Labute approximate surface area is 65.4 Å². The number of rotatable bonds is 1. The van der Waals surface area contributed by atoms with E-state index in [1.165, 1.54) is 0 Å². The molecule has 0 unspecified atom stereocenters. The molecule has 54 valence electrons. The van der Waals surface area contributed by atoms with E-state index in [1.807, 2.05) is 4.72 Å². The van der Waals surface area contributed by atoms with Gasteiger partial charge in [0, 0.05) is 21.1 Å². The first-order valence-electron chi connectivity index (χ1n) is 1.35. The van der Waals surface area contributed by atoms with Crippen LogP contribution in [0.15, 0.2) is 0 Å². The van der Waals surface area contributed by atoms with Gasteiger partial charge in [0.15, 0.2) is 0 Å². The van der Waals surface area contributed by atoms with Gasteiger partial charge in [-0.05, 0) is 0 Å². The maximum absolute atomic E-state index is 9.45. The summed E-state index contributed by atoms with van der Waals surface area (Å²) >= 11 is 0. The van der Waals surface area contributed by atoms with E-state index in [4.69, 9.17) is 9.66 Å². The topological polar surface area (TPSA) is 106 Å². The number of hydrogen-bond donors (Lipinski definition) is 2. The van der Waals surface area contributed by atoms with Crippen LogP contribution in [0, 0.1) is 0 Å². The molecule has 0 saturated heterocycles. The molecule has 0 atom stereocenters. The summed E-state index contributed by atoms with van der Waals surface area (Å²) in [6.45, 7) is 0. The minimum atomic E-state index is -4.70. The largest absolute Gasteiger partial charge is 0.493 e. The molecule has 0 aromatic heterocycles. The van der Waals surface area contributed by atoms with Crippen molar-refractivity contribution in [3.05, 3.63) is 4.72 Å². The normalized spacial score (nSPS) is 9.44. The first-order chi connectivity index (χ1) is 3.42. The van der Waals surface area contributed by atoms with Gasteiger partial charge in [-0.25, -0.2) is 8.42 Å². The average molecular weight is 236 g/mol. The number of nitrogens with zero attached hydrogens (tertiary/aromatic N) is 1. The molecule has 0 heterocycles. The van der Waals surface area contributed by atoms with E-state index in [0.29, 0.717) is 0 Å². The monoisotopic (exact) mass is 238 g/mol. The maximum Gasteiger partial charge on any atom is 0.240 e. The van der Waals surface area contributed by atoms with Crippen molar-refractivity contribution < 1.29 is 43.9 Å². The van der Waals surface area contributed by atoms with Crippen LogP contribution in [0.4, 0.5) is 4.79 Å². The van der Waals surface area contributed by atoms with Crippen LogP contribution in [0.25, 0.3) is 4.72 Å². The molecule has 8 heteroatoms. The second kappa shape index (κ2) is 3.81. The fourth-order valence-electron chi connectivity index (χ4n) is 0.0987. The molecule has 0 aliphatic carbocycles. The molecule has 6 nitrogen and oxygen atoms in total. The predicted octanol–water partition coefficient (Wildman–Crippen LogP) is -0.162. The number of amides is 1. The van der Waals surface area contributed by atoms with Crippen LogP contribution >= 0.6 is 0 Å². The van der Waals surface area contributed by atoms with Crippen LogP contribution in [0.3, 0.4) is 0 Å². The minimum absolute atomic E-state index is 0. The van der Waals surface area contributed by atoms with E-state index in [9.17, 15) is 13.2 Å². The van der Waals surface area contributed by atoms with Gasteiger partial charge in [-0.1, -0.05) is 0 Å². The Balaban J connectivity index is 0. The van der Waals surface area contributed by atoms with Crippen molar-refractivity contribution in [1.82, 2.24) is 0 Å². The first kappa shape index (κ1) is 11.6. The molecular weight excluding hydrogens is 234 g/mol. The van der Waals surface area contributed by atoms with Crippen LogP contribution in [0.5, 0.6) is 0 Å². The summed E-state index contributed by atoms with van der Waals surface area (Å²) in [5.74, 6) is 0. The van der Waals surface area contributed by atoms with Crippen LogP contribution in [0.2, 0.25) is 0 Å². The molecule has 0 radical (unpaired) electrons. The second-order valence-corrected chi connectivity index (χ2v) is 1.90. The van der Waals surface area contributed by atoms with Crippen molar-refractivity contribution in [2.45, 2.75) is 0 Å². The van der Waals surface area contributed by atoms with Crippen molar-refractivity contribution in [2.24, 2.45) is 0 Å². The van der Waals surface area contributed by atoms with Gasteiger partial charge in [-0.3, -0.25) is 9.35 Å². The third-order valence-corrected chi connectivity index (χ3v) is 0.580. The third kappa shape index (κ3) is 11.4. The third-order valence-electron chi connectivity index (χ3n) is 0.193. The summed E-state index contributed by atoms with van der Waals surface area (Å²) in [6.07, 6.45) is -1.94. The summed E-state index contributed by atoms with van der Waals surface area (Å²) in [6, 6.07) is 0. The molecule has 0 aliphatic heterocycles. The van der Waals surface area contributed by atoms with E-state index >= 15 is 0 Å². The summed E-state index contributed by atoms with van der Waals surface area (Å²) in [5, 5.41) is 7.54. The van der Waals surface area contributed by atoms with E-state index in [0.717, 1.165) is 0 Å². The minimum Gasteiger partial charge on any atom is -0.493 e. The second-order valence-electron chi connectivity index (χ2n) is 0.822. The smallest absolute Gasteiger partial charge is 0.240 e. The van der Waals surface area contributed by atoms with Gasteiger partial charge in [0.25, 0.3) is 0 Å². The molecule has 0 spiro atoms. The van der Waals surface area contributed by atoms with E-state index in [1.54, 1.807) is 0 Å². The zero-order chi connectivity index (χ0) is 6.78. The number of carboxylic acid groups (broad SMARTS) is 1. The molecular formula is CH2MoNO5S-. The Hall–Kier alpha value is -0.132. The Bertz CT molecular complexity index is 183. The zero-order valence-corrected chi connectivity index (χ0v) is 6.71. The summed E-state index contributed by atoms with van der Waals surface area (Å²) in [5.41, 5.74) is 0. The van der Waals surface area contributed by atoms with E-state index in [2.05, 4.69) is 0 Å². The Morgan fingerprint density at radius 3 is 1.78 bits per heavy atom. The van der Waals surface area contributed by atoms with E-state index in [-0.39, 0.29) is 21.1 Å². The molecule has 9 heavy (non-hydrogen) atoms.